The van der Waals surface area contributed by atoms with Gasteiger partial charge in [0.1, 0.15) is 11.5 Å². The molecule has 0 spiro atoms. The van der Waals surface area contributed by atoms with Crippen LogP contribution in [0.25, 0.3) is 10.2 Å². The van der Waals surface area contributed by atoms with Gasteiger partial charge >= 0.3 is 0 Å². The third kappa shape index (κ3) is 4.25. The third-order valence-corrected chi connectivity index (χ3v) is 6.38. The van der Waals surface area contributed by atoms with Gasteiger partial charge in [-0.15, -0.1) is 6.58 Å². The Labute approximate surface area is 172 Å². The number of sulfone groups is 1. The number of thiazole rings is 1. The van der Waals surface area contributed by atoms with Crippen molar-refractivity contribution in [2.75, 3.05) is 20.5 Å². The summed E-state index contributed by atoms with van der Waals surface area (Å²) in [7, 11) is -0.344. The fourth-order valence-electron chi connectivity index (χ4n) is 2.80. The first kappa shape index (κ1) is 20.8. The maximum Gasteiger partial charge on any atom is 0.283 e. The fraction of sp³-hybridized carbons (Fsp3) is 0.200. The summed E-state index contributed by atoms with van der Waals surface area (Å²) in [6.07, 6.45) is 2.85. The van der Waals surface area contributed by atoms with E-state index in [2.05, 4.69) is 11.6 Å². The Morgan fingerprint density at radius 3 is 2.59 bits per heavy atom. The van der Waals surface area contributed by atoms with Crippen molar-refractivity contribution in [3.63, 3.8) is 0 Å². The van der Waals surface area contributed by atoms with Crippen LogP contribution in [0, 0.1) is 0 Å². The van der Waals surface area contributed by atoms with E-state index in [-0.39, 0.29) is 4.90 Å². The highest BCUT2D eigenvalue weighted by Crippen LogP contribution is 2.26. The van der Waals surface area contributed by atoms with E-state index < -0.39 is 15.7 Å². The maximum atomic E-state index is 12.8. The van der Waals surface area contributed by atoms with Crippen molar-refractivity contribution in [3.8, 4) is 11.5 Å². The van der Waals surface area contributed by atoms with E-state index in [1.807, 2.05) is 4.57 Å². The zero-order valence-electron chi connectivity index (χ0n) is 16.2. The summed E-state index contributed by atoms with van der Waals surface area (Å²) in [5, 5.41) is 0. The number of nitrogens with zero attached hydrogens (tertiary/aromatic N) is 2. The van der Waals surface area contributed by atoms with Crippen LogP contribution < -0.4 is 14.3 Å². The van der Waals surface area contributed by atoms with E-state index in [9.17, 15) is 13.2 Å². The number of fused-ring (bicyclic) bond motifs is 1. The highest BCUT2D eigenvalue weighted by atomic mass is 32.2. The Morgan fingerprint density at radius 2 is 1.97 bits per heavy atom. The van der Waals surface area contributed by atoms with E-state index in [0.717, 1.165) is 11.8 Å². The zero-order chi connectivity index (χ0) is 21.2. The average molecular weight is 433 g/mol. The lowest BCUT2D eigenvalue weighted by molar-refractivity contribution is 0.0995. The van der Waals surface area contributed by atoms with Gasteiger partial charge in [-0.25, -0.2) is 8.42 Å². The normalized spacial score (nSPS) is 12.2. The van der Waals surface area contributed by atoms with E-state index in [0.29, 0.717) is 33.1 Å². The molecule has 0 aliphatic carbocycles. The first-order chi connectivity index (χ1) is 13.8. The van der Waals surface area contributed by atoms with Crippen LogP contribution >= 0.6 is 11.3 Å². The van der Waals surface area contributed by atoms with Crippen molar-refractivity contribution in [3.05, 3.63) is 59.4 Å². The lowest BCUT2D eigenvalue weighted by Gasteiger charge is -2.07. The Hall–Kier alpha value is -2.91. The van der Waals surface area contributed by atoms with Crippen LogP contribution in [-0.2, 0) is 16.4 Å². The molecule has 1 amide bonds. The van der Waals surface area contributed by atoms with Crippen LogP contribution in [0.2, 0.25) is 0 Å². The predicted molar refractivity (Wildman–Crippen MR) is 113 cm³/mol. The van der Waals surface area contributed by atoms with Crippen LogP contribution in [-0.4, -0.2) is 39.4 Å². The topological polar surface area (TPSA) is 87.0 Å². The molecule has 2 aromatic carbocycles. The SMILES string of the molecule is C=CCn1c(=NC(=O)c2ccc(OC)cc2OC)sc2cc(S(C)(=O)=O)ccc21. The zero-order valence-corrected chi connectivity index (χ0v) is 17.8. The molecule has 0 radical (unpaired) electrons. The molecular formula is C20H20N2O5S2. The first-order valence-corrected chi connectivity index (χ1v) is 11.2. The predicted octanol–water partition coefficient (Wildman–Crippen LogP) is 3.05. The molecule has 0 bridgehead atoms. The molecule has 0 saturated heterocycles. The molecule has 3 aromatic rings. The molecule has 0 N–H and O–H groups in total. The highest BCUT2D eigenvalue weighted by Gasteiger charge is 2.15. The molecule has 3 rings (SSSR count). The average Bonchev–Trinajstić information content (AvgIpc) is 3.03. The standard InChI is InChI=1S/C20H20N2O5S2/c1-5-10-22-16-9-7-14(29(4,24)25)12-18(16)28-20(22)21-19(23)15-8-6-13(26-2)11-17(15)27-3/h5-9,11-12H,1,10H2,2-4H3. The maximum absolute atomic E-state index is 12.8. The number of methoxy groups -OCH3 is 2. The van der Waals surface area contributed by atoms with Gasteiger partial charge in [0.25, 0.3) is 5.91 Å². The van der Waals surface area contributed by atoms with Crippen LogP contribution in [0.4, 0.5) is 0 Å². The lowest BCUT2D eigenvalue weighted by Crippen LogP contribution is -2.16. The van der Waals surface area contributed by atoms with Gasteiger partial charge in [-0.2, -0.15) is 4.99 Å². The second-order valence-corrected chi connectivity index (χ2v) is 9.19. The highest BCUT2D eigenvalue weighted by molar-refractivity contribution is 7.90. The van der Waals surface area contributed by atoms with Crippen molar-refractivity contribution < 1.29 is 22.7 Å². The third-order valence-electron chi connectivity index (χ3n) is 4.23. The van der Waals surface area contributed by atoms with Gasteiger partial charge in [-0.05, 0) is 30.3 Å². The number of benzene rings is 2. The van der Waals surface area contributed by atoms with Gasteiger partial charge in [0, 0.05) is 18.9 Å². The van der Waals surface area contributed by atoms with Crippen molar-refractivity contribution in [1.29, 1.82) is 0 Å². The number of hydrogen-bond acceptors (Lipinski definition) is 6. The number of ether oxygens (including phenoxy) is 2. The number of amides is 1. The molecule has 29 heavy (non-hydrogen) atoms. The molecule has 1 heterocycles. The molecule has 0 aliphatic rings. The fourth-order valence-corrected chi connectivity index (χ4v) is 4.60. The van der Waals surface area contributed by atoms with Crippen molar-refractivity contribution in [2.24, 2.45) is 4.99 Å². The minimum Gasteiger partial charge on any atom is -0.497 e. The second kappa shape index (κ2) is 8.22. The van der Waals surface area contributed by atoms with Gasteiger partial charge in [0.2, 0.25) is 0 Å². The molecule has 0 aliphatic heterocycles. The number of carbonyl (C=O) groups excluding carboxylic acids is 1. The van der Waals surface area contributed by atoms with Crippen LogP contribution in [0.3, 0.4) is 0 Å². The first-order valence-electron chi connectivity index (χ1n) is 8.54. The van der Waals surface area contributed by atoms with Crippen LogP contribution in [0.5, 0.6) is 11.5 Å². The summed E-state index contributed by atoms with van der Waals surface area (Å²) < 4.78 is 36.7. The number of aromatic nitrogens is 1. The molecule has 0 atom stereocenters. The number of hydrogen-bond donors (Lipinski definition) is 0. The molecule has 7 nitrogen and oxygen atoms in total. The molecule has 1 aromatic heterocycles. The van der Waals surface area contributed by atoms with Crippen molar-refractivity contribution in [1.82, 2.24) is 4.57 Å². The summed E-state index contributed by atoms with van der Waals surface area (Å²) in [5.74, 6) is 0.446. The Kier molecular flexibility index (Phi) is 5.90. The lowest BCUT2D eigenvalue weighted by atomic mass is 10.2. The Bertz CT molecular complexity index is 1270. The summed E-state index contributed by atoms with van der Waals surface area (Å²) >= 11 is 1.24. The van der Waals surface area contributed by atoms with Gasteiger partial charge in [-0.3, -0.25) is 4.79 Å². The molecule has 0 fully saturated rings. The number of allylic oxidation sites excluding steroid dienone is 1. The number of rotatable bonds is 6. The minimum atomic E-state index is -3.34. The van der Waals surface area contributed by atoms with Crippen LogP contribution in [0.1, 0.15) is 10.4 Å². The Balaban J connectivity index is 2.17. The molecule has 0 unspecified atom stereocenters. The quantitative estimate of drug-likeness (QED) is 0.559. The smallest absolute Gasteiger partial charge is 0.283 e. The molecular weight excluding hydrogens is 412 g/mol. The summed E-state index contributed by atoms with van der Waals surface area (Å²) in [6, 6.07) is 9.71. The van der Waals surface area contributed by atoms with Gasteiger partial charge in [-0.1, -0.05) is 17.4 Å². The second-order valence-electron chi connectivity index (χ2n) is 6.17. The summed E-state index contributed by atoms with van der Waals surface area (Å²) in [4.78, 5) is 17.8. The monoisotopic (exact) mass is 432 g/mol. The van der Waals surface area contributed by atoms with E-state index in [1.54, 1.807) is 42.5 Å². The summed E-state index contributed by atoms with van der Waals surface area (Å²) in [6.45, 7) is 4.17. The largest absolute Gasteiger partial charge is 0.497 e. The minimum absolute atomic E-state index is 0.215. The van der Waals surface area contributed by atoms with Crippen molar-refractivity contribution >= 4 is 37.3 Å². The van der Waals surface area contributed by atoms with Crippen molar-refractivity contribution in [2.45, 2.75) is 11.4 Å². The Morgan fingerprint density at radius 1 is 1.21 bits per heavy atom. The van der Waals surface area contributed by atoms with E-state index in [4.69, 9.17) is 9.47 Å². The summed E-state index contributed by atoms with van der Waals surface area (Å²) in [5.41, 5.74) is 1.07. The van der Waals surface area contributed by atoms with Gasteiger partial charge in [0.05, 0.1) is 34.9 Å². The molecule has 152 valence electrons. The van der Waals surface area contributed by atoms with Gasteiger partial charge in [0.15, 0.2) is 14.6 Å². The molecule has 0 saturated carbocycles. The number of carbonyl (C=O) groups is 1. The van der Waals surface area contributed by atoms with E-state index >= 15 is 0 Å². The van der Waals surface area contributed by atoms with Gasteiger partial charge < -0.3 is 14.0 Å². The molecule has 9 heteroatoms. The van der Waals surface area contributed by atoms with Crippen LogP contribution in [0.15, 0.2) is 58.9 Å². The van der Waals surface area contributed by atoms with E-state index in [1.165, 1.54) is 25.6 Å².